The maximum Gasteiger partial charge on any atom is 0.333 e. The Balaban J connectivity index is 3.73. The van der Waals surface area contributed by atoms with Crippen LogP contribution in [-0.2, 0) is 19.1 Å². The summed E-state index contributed by atoms with van der Waals surface area (Å²) >= 11 is 0. The van der Waals surface area contributed by atoms with Crippen LogP contribution in [0, 0.1) is 0 Å². The molecule has 1 unspecified atom stereocenters. The molecule has 0 fully saturated rings. The number of hydrogen-bond acceptors (Lipinski definition) is 4. The van der Waals surface area contributed by atoms with Crippen LogP contribution in [0.25, 0.3) is 0 Å². The van der Waals surface area contributed by atoms with E-state index in [4.69, 9.17) is 4.74 Å². The Morgan fingerprint density at radius 1 is 1.46 bits per heavy atom. The summed E-state index contributed by atoms with van der Waals surface area (Å²) in [4.78, 5) is 21.5. The monoisotopic (exact) mass is 186 g/mol. The van der Waals surface area contributed by atoms with Crippen molar-refractivity contribution >= 4 is 11.9 Å². The predicted octanol–water partition coefficient (Wildman–Crippen LogP) is 1.40. The molecule has 4 nitrogen and oxygen atoms in total. The van der Waals surface area contributed by atoms with Gasteiger partial charge in [0.25, 0.3) is 0 Å². The lowest BCUT2D eigenvalue weighted by Gasteiger charge is -2.12. The number of esters is 2. The Bertz CT molecular complexity index is 198. The molecule has 4 heteroatoms. The van der Waals surface area contributed by atoms with E-state index < -0.39 is 12.3 Å². The summed E-state index contributed by atoms with van der Waals surface area (Å²) in [6, 6.07) is 0. The molecular formula is C9H14O4. The highest BCUT2D eigenvalue weighted by molar-refractivity contribution is 5.81. The Morgan fingerprint density at radius 2 is 2.08 bits per heavy atom. The number of rotatable bonds is 5. The van der Waals surface area contributed by atoms with Crippen molar-refractivity contribution in [3.63, 3.8) is 0 Å². The van der Waals surface area contributed by atoms with Crippen LogP contribution in [0.15, 0.2) is 12.7 Å². The van der Waals surface area contributed by atoms with Crippen LogP contribution in [-0.4, -0.2) is 18.2 Å². The molecule has 0 spiro atoms. The van der Waals surface area contributed by atoms with Gasteiger partial charge in [0, 0.05) is 19.4 Å². The van der Waals surface area contributed by atoms with Gasteiger partial charge in [0.15, 0.2) is 0 Å². The molecular weight excluding hydrogens is 172 g/mol. The van der Waals surface area contributed by atoms with Crippen molar-refractivity contribution in [2.75, 3.05) is 0 Å². The number of ether oxygens (including phenoxy) is 2. The molecule has 0 aliphatic carbocycles. The fourth-order valence-electron chi connectivity index (χ4n) is 0.684. The zero-order chi connectivity index (χ0) is 10.3. The van der Waals surface area contributed by atoms with E-state index in [0.29, 0.717) is 12.8 Å². The highest BCUT2D eigenvalue weighted by Gasteiger charge is 2.10. The van der Waals surface area contributed by atoms with E-state index in [1.165, 1.54) is 6.92 Å². The first-order chi connectivity index (χ1) is 6.10. The topological polar surface area (TPSA) is 52.6 Å². The van der Waals surface area contributed by atoms with Crippen molar-refractivity contribution in [2.45, 2.75) is 33.0 Å². The molecule has 0 aromatic rings. The average Bonchev–Trinajstić information content (AvgIpc) is 2.04. The molecule has 0 aliphatic rings. The van der Waals surface area contributed by atoms with Gasteiger partial charge < -0.3 is 9.47 Å². The Hall–Kier alpha value is -1.32. The van der Waals surface area contributed by atoms with Crippen molar-refractivity contribution in [1.82, 2.24) is 0 Å². The van der Waals surface area contributed by atoms with Crippen molar-refractivity contribution in [2.24, 2.45) is 0 Å². The molecule has 0 saturated heterocycles. The van der Waals surface area contributed by atoms with Crippen molar-refractivity contribution in [3.8, 4) is 0 Å². The highest BCUT2D eigenvalue weighted by Crippen LogP contribution is 1.99. The molecule has 0 bridgehead atoms. The number of carbonyl (C=O) groups excluding carboxylic acids is 2. The van der Waals surface area contributed by atoms with Crippen molar-refractivity contribution in [1.29, 1.82) is 0 Å². The lowest BCUT2D eigenvalue weighted by Crippen LogP contribution is -2.20. The first kappa shape index (κ1) is 11.7. The van der Waals surface area contributed by atoms with Gasteiger partial charge in [-0.3, -0.25) is 4.79 Å². The third-order valence-corrected chi connectivity index (χ3v) is 1.20. The summed E-state index contributed by atoms with van der Waals surface area (Å²) in [5.41, 5.74) is 0. The van der Waals surface area contributed by atoms with Gasteiger partial charge in [-0.15, -0.1) is 0 Å². The maximum absolute atomic E-state index is 10.9. The van der Waals surface area contributed by atoms with Crippen LogP contribution in [0.3, 0.4) is 0 Å². The Labute approximate surface area is 77.5 Å². The molecule has 0 rings (SSSR count). The van der Waals surface area contributed by atoms with Crippen LogP contribution in [0.2, 0.25) is 0 Å². The lowest BCUT2D eigenvalue weighted by atomic mass is 10.3. The van der Waals surface area contributed by atoms with Gasteiger partial charge in [-0.1, -0.05) is 13.5 Å². The van der Waals surface area contributed by atoms with E-state index in [-0.39, 0.29) is 5.97 Å². The molecule has 13 heavy (non-hydrogen) atoms. The first-order valence-electron chi connectivity index (χ1n) is 4.12. The van der Waals surface area contributed by atoms with Gasteiger partial charge in [-0.05, 0) is 6.42 Å². The quantitative estimate of drug-likeness (QED) is 0.370. The molecule has 0 aliphatic heterocycles. The van der Waals surface area contributed by atoms with E-state index >= 15 is 0 Å². The number of hydrogen-bond donors (Lipinski definition) is 0. The minimum absolute atomic E-state index is 0.329. The normalized spacial score (nSPS) is 11.5. The third kappa shape index (κ3) is 5.90. The Kier molecular flexibility index (Phi) is 5.59. The summed E-state index contributed by atoms with van der Waals surface area (Å²) in [6.45, 7) is 6.56. The van der Waals surface area contributed by atoms with Gasteiger partial charge in [0.1, 0.15) is 0 Å². The predicted molar refractivity (Wildman–Crippen MR) is 46.8 cm³/mol. The Morgan fingerprint density at radius 3 is 2.54 bits per heavy atom. The second kappa shape index (κ2) is 6.22. The molecule has 0 aromatic heterocycles. The van der Waals surface area contributed by atoms with Gasteiger partial charge in [-0.2, -0.15) is 0 Å². The second-order valence-electron chi connectivity index (χ2n) is 2.45. The van der Waals surface area contributed by atoms with Crippen LogP contribution in [0.4, 0.5) is 0 Å². The van der Waals surface area contributed by atoms with E-state index in [1.807, 2.05) is 6.92 Å². The molecule has 0 aromatic carbocycles. The maximum atomic E-state index is 10.9. The smallest absolute Gasteiger partial charge is 0.333 e. The molecule has 0 N–H and O–H groups in total. The minimum atomic E-state index is -0.843. The molecule has 1 atom stereocenters. The van der Waals surface area contributed by atoms with Crippen LogP contribution in [0.1, 0.15) is 26.7 Å². The first-order valence-corrected chi connectivity index (χ1v) is 4.12. The van der Waals surface area contributed by atoms with Gasteiger partial charge >= 0.3 is 11.9 Å². The minimum Gasteiger partial charge on any atom is -0.425 e. The highest BCUT2D eigenvalue weighted by atomic mass is 16.7. The van der Waals surface area contributed by atoms with E-state index in [0.717, 1.165) is 6.08 Å². The zero-order valence-corrected chi connectivity index (χ0v) is 7.91. The summed E-state index contributed by atoms with van der Waals surface area (Å²) in [5.74, 6) is -0.969. The van der Waals surface area contributed by atoms with Crippen LogP contribution < -0.4 is 0 Å². The molecule has 0 amide bonds. The van der Waals surface area contributed by atoms with Crippen LogP contribution >= 0.6 is 0 Å². The van der Waals surface area contributed by atoms with Crippen LogP contribution in [0.5, 0.6) is 0 Å². The molecule has 0 saturated carbocycles. The zero-order valence-electron chi connectivity index (χ0n) is 7.91. The summed E-state index contributed by atoms with van der Waals surface area (Å²) in [6.07, 6.45) is 1.21. The second-order valence-corrected chi connectivity index (χ2v) is 2.45. The summed E-state index contributed by atoms with van der Waals surface area (Å²) in [7, 11) is 0. The number of carbonyl (C=O) groups is 2. The molecule has 0 heterocycles. The standard InChI is InChI=1S/C9H14O4/c1-4-6-9(11)13-7(3)12-8(10)5-2/h5,7H,2,4,6H2,1,3H3. The fourth-order valence-corrected chi connectivity index (χ4v) is 0.684. The fraction of sp³-hybridized carbons (Fsp3) is 0.556. The van der Waals surface area contributed by atoms with Crippen molar-refractivity contribution < 1.29 is 19.1 Å². The van der Waals surface area contributed by atoms with E-state index in [2.05, 4.69) is 11.3 Å². The van der Waals surface area contributed by atoms with Gasteiger partial charge in [0.05, 0.1) is 0 Å². The summed E-state index contributed by atoms with van der Waals surface area (Å²) < 4.78 is 9.35. The largest absolute Gasteiger partial charge is 0.425 e. The van der Waals surface area contributed by atoms with Gasteiger partial charge in [-0.25, -0.2) is 4.79 Å². The third-order valence-electron chi connectivity index (χ3n) is 1.20. The SMILES string of the molecule is C=CC(=O)OC(C)OC(=O)CCC. The van der Waals surface area contributed by atoms with E-state index in [1.54, 1.807) is 0 Å². The summed E-state index contributed by atoms with van der Waals surface area (Å²) in [5, 5.41) is 0. The molecule has 74 valence electrons. The molecule has 0 radical (unpaired) electrons. The average molecular weight is 186 g/mol. The van der Waals surface area contributed by atoms with E-state index in [9.17, 15) is 9.59 Å². The van der Waals surface area contributed by atoms with Crippen molar-refractivity contribution in [3.05, 3.63) is 12.7 Å². The lowest BCUT2D eigenvalue weighted by molar-refractivity contribution is -0.181. The van der Waals surface area contributed by atoms with Gasteiger partial charge in [0.2, 0.25) is 6.29 Å².